The van der Waals surface area contributed by atoms with Gasteiger partial charge in [0.1, 0.15) is 159 Å². The van der Waals surface area contributed by atoms with Crippen molar-refractivity contribution in [3.63, 3.8) is 0 Å². The number of aliphatic hydroxyl groups excluding tert-OH is 21. The summed E-state index contributed by atoms with van der Waals surface area (Å²) in [6, 6.07) is 0. The van der Waals surface area contributed by atoms with Gasteiger partial charge >= 0.3 is 0 Å². The zero-order valence-corrected chi connectivity index (χ0v) is 38.7. The lowest BCUT2D eigenvalue weighted by Gasteiger charge is -2.49. The second kappa shape index (κ2) is 25.8. The first kappa shape index (κ1) is 60.3. The molecule has 33 atom stereocenters. The maximum atomic E-state index is 11.4. The third-order valence-electron chi connectivity index (χ3n) is 13.8. The van der Waals surface area contributed by atoms with Crippen LogP contribution >= 0.6 is 0 Å². The van der Waals surface area contributed by atoms with E-state index in [1.807, 2.05) is 0 Å². The number of rotatable bonds is 19. The fraction of sp³-hybridized carbons (Fsp3) is 1.00. The molecule has 0 aromatic carbocycles. The Labute approximate surface area is 417 Å². The molecule has 0 aliphatic carbocycles. The maximum Gasteiger partial charge on any atom is 0.187 e. The van der Waals surface area contributed by atoms with Gasteiger partial charge in [0.2, 0.25) is 0 Å². The molecule has 34 heteroatoms. The van der Waals surface area contributed by atoms with E-state index in [9.17, 15) is 107 Å². The van der Waals surface area contributed by atoms with Crippen molar-refractivity contribution < 1.29 is 169 Å². The van der Waals surface area contributed by atoms with Crippen LogP contribution in [0.15, 0.2) is 0 Å². The van der Waals surface area contributed by atoms with Crippen LogP contribution in [0.4, 0.5) is 0 Å². The minimum absolute atomic E-state index is 0.733. The molecule has 0 aromatic heterocycles. The van der Waals surface area contributed by atoms with E-state index in [2.05, 4.69) is 0 Å². The first-order valence-electron chi connectivity index (χ1n) is 23.5. The standard InChI is InChI=1S/C40H68O34/c41-1-8-15(47)23(55)35(64-8)62-7-14-33(74-36-24(56)16(48)9(2-42)65-36)21(53)28(60)40(69-14)73-32-13(6-46)68-39(27(59)20(32)52)72-31-12(5-45)67-38(26(58)19(31)51)71-30-11(4-44)66-37(25(57)18(30)50)70-29-10(3-43)63-34(61)22(54)17(29)49/h8-61H,1-7H2/t8-,9-,10-,11-,12-,13-,14-,15-,16-,17-,18-,19-,20-,21-,22-,23-,24-,25-,26-,27-,28-,29-,30-,31-,32-,33-,34?,35-,36+,37-,38-,39-,40-/m1/s1. The first-order chi connectivity index (χ1) is 35.1. The van der Waals surface area contributed by atoms with Crippen molar-refractivity contribution in [1.82, 2.24) is 0 Å². The van der Waals surface area contributed by atoms with Gasteiger partial charge in [-0.15, -0.1) is 0 Å². The summed E-state index contributed by atoms with van der Waals surface area (Å²) in [6.07, 6.45) is -61.3. The molecule has 21 N–H and O–H groups in total. The molecular weight excluding hydrogens is 1020 g/mol. The molecule has 0 radical (unpaired) electrons. The van der Waals surface area contributed by atoms with Gasteiger partial charge in [-0.1, -0.05) is 0 Å². The predicted octanol–water partition coefficient (Wildman–Crippen LogP) is -15.0. The van der Waals surface area contributed by atoms with Crippen molar-refractivity contribution in [2.24, 2.45) is 0 Å². The number of hydrogen-bond donors (Lipinski definition) is 21. The molecule has 0 bridgehead atoms. The van der Waals surface area contributed by atoms with E-state index in [4.69, 9.17) is 61.6 Å². The van der Waals surface area contributed by atoms with Crippen LogP contribution < -0.4 is 0 Å². The molecule has 7 heterocycles. The summed E-state index contributed by atoms with van der Waals surface area (Å²) in [5, 5.41) is 221. The van der Waals surface area contributed by atoms with E-state index in [1.54, 1.807) is 0 Å². The summed E-state index contributed by atoms with van der Waals surface area (Å²) in [7, 11) is 0. The van der Waals surface area contributed by atoms with Gasteiger partial charge < -0.3 is 169 Å². The minimum Gasteiger partial charge on any atom is -0.394 e. The van der Waals surface area contributed by atoms with Crippen molar-refractivity contribution >= 4 is 0 Å². The molecule has 0 spiro atoms. The molecule has 7 aliphatic rings. The third-order valence-corrected chi connectivity index (χ3v) is 13.8. The van der Waals surface area contributed by atoms with Crippen molar-refractivity contribution in [1.29, 1.82) is 0 Å². The summed E-state index contributed by atoms with van der Waals surface area (Å²) in [5.74, 6) is 0. The summed E-state index contributed by atoms with van der Waals surface area (Å²) >= 11 is 0. The van der Waals surface area contributed by atoms with Gasteiger partial charge in [-0.25, -0.2) is 0 Å². The molecule has 1 unspecified atom stereocenters. The Morgan fingerprint density at radius 3 is 0.770 bits per heavy atom. The summed E-state index contributed by atoms with van der Waals surface area (Å²) < 4.78 is 72.3. The molecule has 0 amide bonds. The van der Waals surface area contributed by atoms with Crippen LogP contribution in [-0.2, 0) is 61.6 Å². The molecule has 7 fully saturated rings. The van der Waals surface area contributed by atoms with Gasteiger partial charge in [0.25, 0.3) is 0 Å². The number of aliphatic hydroxyl groups is 21. The third kappa shape index (κ3) is 12.2. The Morgan fingerprint density at radius 1 is 0.230 bits per heavy atom. The fourth-order valence-electron chi connectivity index (χ4n) is 9.50. The first-order valence-corrected chi connectivity index (χ1v) is 23.5. The highest BCUT2D eigenvalue weighted by Gasteiger charge is 2.58. The van der Waals surface area contributed by atoms with E-state index < -0.39 is 249 Å². The Kier molecular flexibility index (Phi) is 21.0. The van der Waals surface area contributed by atoms with E-state index in [-0.39, 0.29) is 0 Å². The van der Waals surface area contributed by atoms with Crippen LogP contribution in [0.3, 0.4) is 0 Å². The van der Waals surface area contributed by atoms with Crippen LogP contribution in [-0.4, -0.2) is 356 Å². The molecule has 34 nitrogen and oxygen atoms in total. The van der Waals surface area contributed by atoms with Crippen LogP contribution in [0, 0.1) is 0 Å². The summed E-state index contributed by atoms with van der Waals surface area (Å²) in [5.41, 5.74) is 0. The second-order valence-electron chi connectivity index (χ2n) is 18.6. The topological polar surface area (TPSA) is 545 Å². The quantitative estimate of drug-likeness (QED) is 0.0571. The van der Waals surface area contributed by atoms with E-state index in [0.717, 1.165) is 0 Å². The van der Waals surface area contributed by atoms with Crippen molar-refractivity contribution in [2.75, 3.05) is 46.2 Å². The van der Waals surface area contributed by atoms with Gasteiger partial charge in [-0.2, -0.15) is 0 Å². The number of ether oxygens (including phenoxy) is 13. The zero-order valence-electron chi connectivity index (χ0n) is 38.7. The molecule has 0 saturated carbocycles. The van der Waals surface area contributed by atoms with Crippen LogP contribution in [0.5, 0.6) is 0 Å². The van der Waals surface area contributed by atoms with Crippen molar-refractivity contribution in [2.45, 2.75) is 203 Å². The average molecular weight is 1090 g/mol. The summed E-state index contributed by atoms with van der Waals surface area (Å²) in [6.45, 7) is -6.23. The second-order valence-corrected chi connectivity index (χ2v) is 18.6. The highest BCUT2D eigenvalue weighted by molar-refractivity contribution is 5.00. The molecule has 74 heavy (non-hydrogen) atoms. The Balaban J connectivity index is 0.993. The molecule has 0 aromatic rings. The predicted molar refractivity (Wildman–Crippen MR) is 220 cm³/mol. The highest BCUT2D eigenvalue weighted by Crippen LogP contribution is 2.37. The molecule has 7 saturated heterocycles. The molecular formula is C40H68O34. The lowest BCUT2D eigenvalue weighted by Crippen LogP contribution is -2.68. The lowest BCUT2D eigenvalue weighted by molar-refractivity contribution is -0.394. The fourth-order valence-corrected chi connectivity index (χ4v) is 9.50. The molecule has 432 valence electrons. The Morgan fingerprint density at radius 2 is 0.459 bits per heavy atom. The number of hydrogen-bond acceptors (Lipinski definition) is 34. The van der Waals surface area contributed by atoms with Gasteiger partial charge in [0.05, 0.1) is 46.2 Å². The van der Waals surface area contributed by atoms with Gasteiger partial charge in [0.15, 0.2) is 44.0 Å². The minimum atomic E-state index is -2.22. The molecule has 7 aliphatic heterocycles. The van der Waals surface area contributed by atoms with Gasteiger partial charge in [0, 0.05) is 0 Å². The summed E-state index contributed by atoms with van der Waals surface area (Å²) in [4.78, 5) is 0. The SMILES string of the molecule is OC[C@H]1O[C@@H](OC[C@H]2O[C@H](O[C@H]3[C@H](O)[C@@H](O)[C@@H](O[C@H]4[C@H](O)[C@@H](O)[C@@H](O[C@H]5[C@H](O)[C@@H](O)[C@@H](O[C@H]6[C@H](O)[C@@H](O)C(O)O[C@@H]6CO)O[C@@H]5CO)O[C@@H]4CO)O[C@@H]3CO)[C@H](O)[C@@H](O)[C@@H]2O[C@@H]2O[C@H](CO)[C@@H](O)[C@H]2O)[C@H](O)[C@@H]1O. The van der Waals surface area contributed by atoms with Crippen LogP contribution in [0.2, 0.25) is 0 Å². The normalized spacial score (nSPS) is 53.4. The van der Waals surface area contributed by atoms with Crippen LogP contribution in [0.25, 0.3) is 0 Å². The molecule has 7 rings (SSSR count). The largest absolute Gasteiger partial charge is 0.394 e. The van der Waals surface area contributed by atoms with Gasteiger partial charge in [-0.05, 0) is 0 Å². The highest BCUT2D eigenvalue weighted by atomic mass is 16.8. The Hall–Kier alpha value is -1.36. The zero-order chi connectivity index (χ0) is 54.2. The smallest absolute Gasteiger partial charge is 0.187 e. The van der Waals surface area contributed by atoms with Gasteiger partial charge in [-0.3, -0.25) is 0 Å². The van der Waals surface area contributed by atoms with E-state index in [1.165, 1.54) is 0 Å². The monoisotopic (exact) mass is 1090 g/mol. The van der Waals surface area contributed by atoms with E-state index >= 15 is 0 Å². The maximum absolute atomic E-state index is 11.4. The Bertz CT molecular complexity index is 1710. The lowest BCUT2D eigenvalue weighted by atomic mass is 9.95. The van der Waals surface area contributed by atoms with Crippen molar-refractivity contribution in [3.8, 4) is 0 Å². The van der Waals surface area contributed by atoms with Crippen molar-refractivity contribution in [3.05, 3.63) is 0 Å². The average Bonchev–Trinajstić information content (AvgIpc) is 3.83. The van der Waals surface area contributed by atoms with Crippen LogP contribution in [0.1, 0.15) is 0 Å². The van der Waals surface area contributed by atoms with E-state index in [0.29, 0.717) is 0 Å².